The van der Waals surface area contributed by atoms with E-state index < -0.39 is 0 Å². The van der Waals surface area contributed by atoms with Crippen LogP contribution in [0.4, 0.5) is 5.69 Å². The van der Waals surface area contributed by atoms with E-state index in [1.54, 1.807) is 12.1 Å². The molecule has 0 saturated heterocycles. The average Bonchev–Trinajstić information content (AvgIpc) is 2.34. The normalized spacial score (nSPS) is 9.65. The second kappa shape index (κ2) is 4.80. The number of ether oxygens (including phenoxy) is 1. The molecule has 6 heteroatoms. The van der Waals surface area contributed by atoms with E-state index in [2.05, 4.69) is 25.9 Å². The molecule has 0 aliphatic carbocycles. The summed E-state index contributed by atoms with van der Waals surface area (Å²) in [4.78, 5) is 7.78. The zero-order chi connectivity index (χ0) is 12.3. The molecule has 0 fully saturated rings. The van der Waals surface area contributed by atoms with Crippen LogP contribution < -0.4 is 10.5 Å². The van der Waals surface area contributed by atoms with Crippen LogP contribution in [-0.2, 0) is 0 Å². The Morgan fingerprint density at radius 2 is 2.12 bits per heavy atom. The van der Waals surface area contributed by atoms with Gasteiger partial charge in [0.2, 0.25) is 5.88 Å². The van der Waals surface area contributed by atoms with E-state index in [1.165, 1.54) is 12.4 Å². The van der Waals surface area contributed by atoms with Gasteiger partial charge in [0.05, 0.1) is 18.1 Å². The molecule has 0 bridgehead atoms. The molecule has 0 spiro atoms. The number of nitrogens with zero attached hydrogens (tertiary/aromatic N) is 3. The van der Waals surface area contributed by atoms with Crippen LogP contribution >= 0.6 is 15.9 Å². The highest BCUT2D eigenvalue weighted by Crippen LogP contribution is 2.28. The number of aromatic nitrogens is 2. The molecule has 17 heavy (non-hydrogen) atoms. The molecule has 1 aromatic heterocycles. The molecule has 1 heterocycles. The lowest BCUT2D eigenvalue weighted by Gasteiger charge is -2.07. The van der Waals surface area contributed by atoms with Crippen molar-refractivity contribution in [1.29, 1.82) is 5.26 Å². The monoisotopic (exact) mass is 290 g/mol. The summed E-state index contributed by atoms with van der Waals surface area (Å²) in [7, 11) is 0. The lowest BCUT2D eigenvalue weighted by atomic mass is 10.3. The summed E-state index contributed by atoms with van der Waals surface area (Å²) in [5.41, 5.74) is 6.50. The number of halogens is 1. The molecule has 5 nitrogen and oxygen atoms in total. The van der Waals surface area contributed by atoms with Crippen molar-refractivity contribution in [1.82, 2.24) is 9.97 Å². The number of nitriles is 1. The van der Waals surface area contributed by atoms with Crippen LogP contribution in [0.5, 0.6) is 11.6 Å². The van der Waals surface area contributed by atoms with Crippen molar-refractivity contribution in [3.63, 3.8) is 0 Å². The van der Waals surface area contributed by atoms with Gasteiger partial charge in [-0.3, -0.25) is 0 Å². The van der Waals surface area contributed by atoms with Gasteiger partial charge in [0.1, 0.15) is 6.07 Å². The van der Waals surface area contributed by atoms with Crippen molar-refractivity contribution in [2.45, 2.75) is 0 Å². The molecule has 1 aromatic carbocycles. The number of nitrogen functional groups attached to an aromatic ring is 1. The van der Waals surface area contributed by atoms with E-state index in [9.17, 15) is 0 Å². The smallest absolute Gasteiger partial charge is 0.238 e. The van der Waals surface area contributed by atoms with Crippen LogP contribution in [0.1, 0.15) is 5.69 Å². The second-order valence-corrected chi connectivity index (χ2v) is 4.05. The third-order valence-electron chi connectivity index (χ3n) is 1.93. The highest BCUT2D eigenvalue weighted by molar-refractivity contribution is 9.10. The minimum Gasteiger partial charge on any atom is -0.435 e. The number of anilines is 1. The van der Waals surface area contributed by atoms with E-state index in [1.807, 2.05) is 12.1 Å². The minimum absolute atomic E-state index is 0.237. The summed E-state index contributed by atoms with van der Waals surface area (Å²) in [5, 5.41) is 8.57. The Bertz CT molecular complexity index is 577. The lowest BCUT2D eigenvalue weighted by molar-refractivity contribution is 0.462. The highest BCUT2D eigenvalue weighted by Gasteiger charge is 2.04. The van der Waals surface area contributed by atoms with E-state index in [0.29, 0.717) is 11.4 Å². The molecule has 0 unspecified atom stereocenters. The van der Waals surface area contributed by atoms with E-state index in [-0.39, 0.29) is 11.6 Å². The third kappa shape index (κ3) is 2.71. The molecule has 0 aliphatic rings. The molecule has 84 valence electrons. The molecule has 0 amide bonds. The summed E-state index contributed by atoms with van der Waals surface area (Å²) < 4.78 is 6.30. The largest absolute Gasteiger partial charge is 0.435 e. The van der Waals surface area contributed by atoms with Gasteiger partial charge in [-0.25, -0.2) is 9.97 Å². The third-order valence-corrected chi connectivity index (χ3v) is 2.42. The maximum Gasteiger partial charge on any atom is 0.238 e. The van der Waals surface area contributed by atoms with Gasteiger partial charge >= 0.3 is 0 Å². The molecular weight excluding hydrogens is 284 g/mol. The van der Waals surface area contributed by atoms with Crippen LogP contribution in [0.25, 0.3) is 0 Å². The molecule has 0 radical (unpaired) electrons. The topological polar surface area (TPSA) is 84.8 Å². The van der Waals surface area contributed by atoms with E-state index in [0.717, 1.165) is 4.47 Å². The Hall–Kier alpha value is -2.13. The van der Waals surface area contributed by atoms with Gasteiger partial charge in [0.25, 0.3) is 0 Å². The zero-order valence-electron chi connectivity index (χ0n) is 8.59. The van der Waals surface area contributed by atoms with Crippen molar-refractivity contribution in [3.05, 3.63) is 40.8 Å². The first kappa shape index (κ1) is 11.4. The fourth-order valence-electron chi connectivity index (χ4n) is 1.15. The molecule has 2 N–H and O–H groups in total. The molecule has 0 saturated carbocycles. The SMILES string of the molecule is N#Cc1cnc(Oc2ccc(Br)cc2N)cn1. The van der Waals surface area contributed by atoms with Crippen LogP contribution in [0.15, 0.2) is 35.1 Å². The number of hydrogen-bond donors (Lipinski definition) is 1. The first-order chi connectivity index (χ1) is 8.19. The van der Waals surface area contributed by atoms with Crippen molar-refractivity contribution < 1.29 is 4.74 Å². The van der Waals surface area contributed by atoms with Gasteiger partial charge in [-0.2, -0.15) is 5.26 Å². The Morgan fingerprint density at radius 1 is 1.29 bits per heavy atom. The Balaban J connectivity index is 2.23. The molecular formula is C11H7BrN4O. The Kier molecular flexibility index (Phi) is 3.21. The number of benzene rings is 1. The fourth-order valence-corrected chi connectivity index (χ4v) is 1.53. The number of hydrogen-bond acceptors (Lipinski definition) is 5. The van der Waals surface area contributed by atoms with E-state index >= 15 is 0 Å². The first-order valence-corrected chi connectivity index (χ1v) is 5.43. The van der Waals surface area contributed by atoms with Crippen molar-refractivity contribution in [3.8, 4) is 17.7 Å². The quantitative estimate of drug-likeness (QED) is 0.859. The number of nitrogens with two attached hydrogens (primary N) is 1. The molecule has 0 aliphatic heterocycles. The highest BCUT2D eigenvalue weighted by atomic mass is 79.9. The number of rotatable bonds is 2. The molecule has 0 atom stereocenters. The van der Waals surface area contributed by atoms with Crippen molar-refractivity contribution in [2.75, 3.05) is 5.73 Å². The summed E-state index contributed by atoms with van der Waals surface area (Å²) in [6.45, 7) is 0. The summed E-state index contributed by atoms with van der Waals surface area (Å²) >= 11 is 3.30. The predicted octanol–water partition coefficient (Wildman–Crippen LogP) is 2.49. The van der Waals surface area contributed by atoms with Crippen LogP contribution in [0.2, 0.25) is 0 Å². The van der Waals surface area contributed by atoms with Crippen LogP contribution in [-0.4, -0.2) is 9.97 Å². The van der Waals surface area contributed by atoms with Gasteiger partial charge < -0.3 is 10.5 Å². The van der Waals surface area contributed by atoms with Gasteiger partial charge in [0, 0.05) is 4.47 Å². The summed E-state index contributed by atoms with van der Waals surface area (Å²) in [6, 6.07) is 7.14. The maximum atomic E-state index is 8.57. The van der Waals surface area contributed by atoms with Gasteiger partial charge in [-0.1, -0.05) is 15.9 Å². The van der Waals surface area contributed by atoms with E-state index in [4.69, 9.17) is 15.7 Å². The standard InChI is InChI=1S/C11H7BrN4O/c12-7-1-2-10(9(14)3-7)17-11-6-15-8(4-13)5-16-11/h1-3,5-6H,14H2. The average molecular weight is 291 g/mol. The van der Waals surface area contributed by atoms with Crippen LogP contribution in [0.3, 0.4) is 0 Å². The summed E-state index contributed by atoms with van der Waals surface area (Å²) in [6.07, 6.45) is 2.71. The lowest BCUT2D eigenvalue weighted by Crippen LogP contribution is -1.95. The summed E-state index contributed by atoms with van der Waals surface area (Å²) in [5.74, 6) is 0.783. The maximum absolute atomic E-state index is 8.57. The minimum atomic E-state index is 0.237. The fraction of sp³-hybridized carbons (Fsp3) is 0. The second-order valence-electron chi connectivity index (χ2n) is 3.14. The van der Waals surface area contributed by atoms with Crippen LogP contribution in [0, 0.1) is 11.3 Å². The van der Waals surface area contributed by atoms with Crippen molar-refractivity contribution >= 4 is 21.6 Å². The van der Waals surface area contributed by atoms with Crippen molar-refractivity contribution in [2.24, 2.45) is 0 Å². The predicted molar refractivity (Wildman–Crippen MR) is 65.4 cm³/mol. The van der Waals surface area contributed by atoms with Gasteiger partial charge in [-0.05, 0) is 18.2 Å². The molecule has 2 rings (SSSR count). The Labute approximate surface area is 106 Å². The molecule has 2 aromatic rings. The van der Waals surface area contributed by atoms with Gasteiger partial charge in [0.15, 0.2) is 11.4 Å². The Morgan fingerprint density at radius 3 is 2.71 bits per heavy atom. The zero-order valence-corrected chi connectivity index (χ0v) is 10.2. The first-order valence-electron chi connectivity index (χ1n) is 4.64. The van der Waals surface area contributed by atoms with Gasteiger partial charge in [-0.15, -0.1) is 0 Å².